The van der Waals surface area contributed by atoms with Gasteiger partial charge in [-0.2, -0.15) is 0 Å². The average molecular weight is 420 g/mol. The van der Waals surface area contributed by atoms with E-state index in [1.165, 1.54) is 11.1 Å². The number of nitrogens with zero attached hydrogens (tertiary/aromatic N) is 3. The Morgan fingerprint density at radius 1 is 1.07 bits per heavy atom. The van der Waals surface area contributed by atoms with E-state index in [0.717, 1.165) is 40.2 Å². The van der Waals surface area contributed by atoms with Gasteiger partial charge in [-0.3, -0.25) is 4.98 Å². The van der Waals surface area contributed by atoms with E-state index in [4.69, 9.17) is 4.99 Å². The molecule has 3 aromatic rings. The molecule has 1 aromatic heterocycles. The van der Waals surface area contributed by atoms with Crippen LogP contribution < -0.4 is 4.90 Å². The number of halogens is 1. The second-order valence-corrected chi connectivity index (χ2v) is 7.86. The molecule has 4 rings (SSSR count). The van der Waals surface area contributed by atoms with Gasteiger partial charge in [0.25, 0.3) is 0 Å². The third-order valence-electron chi connectivity index (χ3n) is 5.15. The number of para-hydroxylation sites is 1. The highest BCUT2D eigenvalue weighted by Crippen LogP contribution is 2.32. The SMILES string of the molecule is CCC(C)c1ccc(N2Cc3ccccc3N=C2c2cncc(Br)c2)cc1. The van der Waals surface area contributed by atoms with E-state index in [1.807, 2.05) is 12.3 Å². The molecular weight excluding hydrogens is 398 g/mol. The summed E-state index contributed by atoms with van der Waals surface area (Å²) in [5, 5.41) is 0. The van der Waals surface area contributed by atoms with E-state index < -0.39 is 0 Å². The van der Waals surface area contributed by atoms with Gasteiger partial charge in [-0.1, -0.05) is 44.2 Å². The molecule has 0 N–H and O–H groups in total. The molecule has 4 heteroatoms. The molecule has 0 bridgehead atoms. The molecule has 0 saturated heterocycles. The molecule has 1 atom stereocenters. The Balaban J connectivity index is 1.78. The Morgan fingerprint density at radius 3 is 2.59 bits per heavy atom. The summed E-state index contributed by atoms with van der Waals surface area (Å²) in [6, 6.07) is 19.3. The number of aromatic nitrogens is 1. The fraction of sp³-hybridized carbons (Fsp3) is 0.217. The highest BCUT2D eigenvalue weighted by molar-refractivity contribution is 9.10. The fourth-order valence-electron chi connectivity index (χ4n) is 3.36. The molecule has 0 fully saturated rings. The van der Waals surface area contributed by atoms with Crippen LogP contribution in [-0.2, 0) is 6.54 Å². The van der Waals surface area contributed by atoms with Crippen molar-refractivity contribution < 1.29 is 0 Å². The minimum atomic E-state index is 0.573. The second-order valence-electron chi connectivity index (χ2n) is 6.94. The van der Waals surface area contributed by atoms with Crippen molar-refractivity contribution in [3.8, 4) is 0 Å². The molecule has 0 aliphatic carbocycles. The van der Waals surface area contributed by atoms with Gasteiger partial charge < -0.3 is 4.90 Å². The van der Waals surface area contributed by atoms with Crippen LogP contribution in [0.3, 0.4) is 0 Å². The summed E-state index contributed by atoms with van der Waals surface area (Å²) in [4.78, 5) is 11.6. The van der Waals surface area contributed by atoms with Gasteiger partial charge in [0.05, 0.1) is 12.2 Å². The van der Waals surface area contributed by atoms with Crippen molar-refractivity contribution in [2.75, 3.05) is 4.90 Å². The summed E-state index contributed by atoms with van der Waals surface area (Å²) < 4.78 is 0.952. The van der Waals surface area contributed by atoms with Crippen LogP contribution >= 0.6 is 15.9 Å². The van der Waals surface area contributed by atoms with Crippen LogP contribution in [0.5, 0.6) is 0 Å². The largest absolute Gasteiger partial charge is 0.321 e. The monoisotopic (exact) mass is 419 g/mol. The molecule has 2 aromatic carbocycles. The predicted molar refractivity (Wildman–Crippen MR) is 116 cm³/mol. The highest BCUT2D eigenvalue weighted by atomic mass is 79.9. The van der Waals surface area contributed by atoms with E-state index in [1.54, 1.807) is 6.20 Å². The number of hydrogen-bond acceptors (Lipinski definition) is 3. The molecule has 2 heterocycles. The maximum atomic E-state index is 4.97. The molecule has 136 valence electrons. The van der Waals surface area contributed by atoms with Crippen molar-refractivity contribution in [2.45, 2.75) is 32.7 Å². The predicted octanol–water partition coefficient (Wildman–Crippen LogP) is 6.46. The first kappa shape index (κ1) is 17.9. The lowest BCUT2D eigenvalue weighted by atomic mass is 9.98. The van der Waals surface area contributed by atoms with Crippen LogP contribution in [0.25, 0.3) is 0 Å². The van der Waals surface area contributed by atoms with Gasteiger partial charge in [-0.25, -0.2) is 4.99 Å². The molecule has 1 aliphatic heterocycles. The van der Waals surface area contributed by atoms with Crippen molar-refractivity contribution in [3.63, 3.8) is 0 Å². The van der Waals surface area contributed by atoms with Crippen LogP contribution in [-0.4, -0.2) is 10.8 Å². The number of anilines is 1. The molecule has 27 heavy (non-hydrogen) atoms. The Labute approximate surface area is 168 Å². The van der Waals surface area contributed by atoms with E-state index in [9.17, 15) is 0 Å². The number of fused-ring (bicyclic) bond motifs is 1. The van der Waals surface area contributed by atoms with Crippen molar-refractivity contribution in [1.29, 1.82) is 0 Å². The van der Waals surface area contributed by atoms with Crippen molar-refractivity contribution in [1.82, 2.24) is 4.98 Å². The summed E-state index contributed by atoms with van der Waals surface area (Å²) in [6.07, 6.45) is 4.82. The van der Waals surface area contributed by atoms with Crippen LogP contribution in [0.4, 0.5) is 11.4 Å². The van der Waals surface area contributed by atoms with Crippen molar-refractivity contribution >= 4 is 33.1 Å². The minimum absolute atomic E-state index is 0.573. The van der Waals surface area contributed by atoms with E-state index in [0.29, 0.717) is 5.92 Å². The maximum Gasteiger partial charge on any atom is 0.142 e. The van der Waals surface area contributed by atoms with Gasteiger partial charge in [-0.15, -0.1) is 0 Å². The number of benzene rings is 2. The summed E-state index contributed by atoms with van der Waals surface area (Å²) in [7, 11) is 0. The third kappa shape index (κ3) is 3.67. The zero-order valence-electron chi connectivity index (χ0n) is 15.6. The standard InChI is InChI=1S/C23H22BrN3/c1-3-16(2)17-8-10-21(11-9-17)27-15-18-6-4-5-7-22(18)26-23(27)19-12-20(24)14-25-13-19/h4-14,16H,3,15H2,1-2H3. The van der Waals surface area contributed by atoms with Gasteiger partial charge in [0.15, 0.2) is 0 Å². The first-order chi connectivity index (χ1) is 13.2. The summed E-state index contributed by atoms with van der Waals surface area (Å²) in [5.41, 5.74) is 5.79. The Bertz CT molecular complexity index is 979. The summed E-state index contributed by atoms with van der Waals surface area (Å²) in [6.45, 7) is 5.29. The van der Waals surface area contributed by atoms with Gasteiger partial charge >= 0.3 is 0 Å². The van der Waals surface area contributed by atoms with Crippen LogP contribution in [0.15, 0.2) is 76.5 Å². The van der Waals surface area contributed by atoms with Crippen molar-refractivity contribution in [2.24, 2.45) is 4.99 Å². The lowest BCUT2D eigenvalue weighted by Gasteiger charge is -2.31. The van der Waals surface area contributed by atoms with Gasteiger partial charge in [0.1, 0.15) is 5.84 Å². The molecule has 0 radical (unpaired) electrons. The number of aliphatic imine (C=N–C) groups is 1. The summed E-state index contributed by atoms with van der Waals surface area (Å²) in [5.74, 6) is 1.50. The molecule has 0 saturated carbocycles. The smallest absolute Gasteiger partial charge is 0.142 e. The molecule has 3 nitrogen and oxygen atoms in total. The second kappa shape index (κ2) is 7.65. The van der Waals surface area contributed by atoms with Crippen molar-refractivity contribution in [3.05, 3.63) is 88.2 Å². The van der Waals surface area contributed by atoms with E-state index in [-0.39, 0.29) is 0 Å². The van der Waals surface area contributed by atoms with Crippen LogP contribution in [0.1, 0.15) is 42.9 Å². The fourth-order valence-corrected chi connectivity index (χ4v) is 3.72. The zero-order valence-corrected chi connectivity index (χ0v) is 17.1. The van der Waals surface area contributed by atoms with E-state index in [2.05, 4.69) is 88.2 Å². The number of amidine groups is 1. The molecule has 1 aliphatic rings. The molecular formula is C23H22BrN3. The summed E-state index contributed by atoms with van der Waals surface area (Å²) >= 11 is 3.53. The first-order valence-corrected chi connectivity index (χ1v) is 10.1. The topological polar surface area (TPSA) is 28.5 Å². The number of pyridine rings is 1. The number of hydrogen-bond donors (Lipinski definition) is 0. The minimum Gasteiger partial charge on any atom is -0.321 e. The Morgan fingerprint density at radius 2 is 1.85 bits per heavy atom. The molecule has 0 amide bonds. The lowest BCUT2D eigenvalue weighted by Crippen LogP contribution is -2.33. The molecule has 1 unspecified atom stereocenters. The van der Waals surface area contributed by atoms with Crippen LogP contribution in [0, 0.1) is 0 Å². The highest BCUT2D eigenvalue weighted by Gasteiger charge is 2.23. The zero-order chi connectivity index (χ0) is 18.8. The normalized spacial score (nSPS) is 14.5. The van der Waals surface area contributed by atoms with E-state index >= 15 is 0 Å². The Hall–Kier alpha value is -2.46. The van der Waals surface area contributed by atoms with Crippen LogP contribution in [0.2, 0.25) is 0 Å². The maximum absolute atomic E-state index is 4.97. The third-order valence-corrected chi connectivity index (χ3v) is 5.59. The number of rotatable bonds is 4. The molecule has 0 spiro atoms. The Kier molecular flexibility index (Phi) is 5.08. The van der Waals surface area contributed by atoms with Gasteiger partial charge in [0.2, 0.25) is 0 Å². The lowest BCUT2D eigenvalue weighted by molar-refractivity contribution is 0.733. The first-order valence-electron chi connectivity index (χ1n) is 9.30. The quantitative estimate of drug-likeness (QED) is 0.485. The average Bonchev–Trinajstić information content (AvgIpc) is 2.72. The van der Waals surface area contributed by atoms with Gasteiger partial charge in [0, 0.05) is 28.1 Å². The van der Waals surface area contributed by atoms with Gasteiger partial charge in [-0.05, 0) is 63.7 Å².